The normalized spacial score (nSPS) is 23.4. The van der Waals surface area contributed by atoms with Crippen LogP contribution in [0.3, 0.4) is 0 Å². The Morgan fingerprint density at radius 3 is 2.67 bits per heavy atom. The molecule has 0 radical (unpaired) electrons. The van der Waals surface area contributed by atoms with Crippen molar-refractivity contribution < 1.29 is 24.1 Å². The van der Waals surface area contributed by atoms with Gasteiger partial charge < -0.3 is 29.4 Å². The van der Waals surface area contributed by atoms with E-state index in [9.17, 15) is 5.11 Å². The quantitative estimate of drug-likeness (QED) is 0.812. The summed E-state index contributed by atoms with van der Waals surface area (Å²) in [6, 6.07) is 12.0. The van der Waals surface area contributed by atoms with E-state index in [1.165, 1.54) is 0 Å². The van der Waals surface area contributed by atoms with Crippen molar-refractivity contribution in [3.63, 3.8) is 0 Å². The minimum Gasteiger partial charge on any atom is -0.493 e. The van der Waals surface area contributed by atoms with E-state index in [0.29, 0.717) is 11.5 Å². The van der Waals surface area contributed by atoms with E-state index in [-0.39, 0.29) is 24.7 Å². The lowest BCUT2D eigenvalue weighted by molar-refractivity contribution is 0.126. The molecule has 1 fully saturated rings. The van der Waals surface area contributed by atoms with Gasteiger partial charge in [0.15, 0.2) is 23.0 Å². The summed E-state index contributed by atoms with van der Waals surface area (Å²) in [6.45, 7) is 1.91. The van der Waals surface area contributed by atoms with Gasteiger partial charge in [-0.1, -0.05) is 12.1 Å². The second-order valence-corrected chi connectivity index (χ2v) is 7.18. The van der Waals surface area contributed by atoms with E-state index in [0.717, 1.165) is 42.1 Å². The van der Waals surface area contributed by atoms with Crippen LogP contribution in [0.2, 0.25) is 0 Å². The number of hydrogen-bond acceptors (Lipinski definition) is 6. The number of nitrogens with one attached hydrogen (secondary N) is 1. The lowest BCUT2D eigenvalue weighted by Crippen LogP contribution is -2.35. The summed E-state index contributed by atoms with van der Waals surface area (Å²) in [5.74, 6) is 3.12. The van der Waals surface area contributed by atoms with Crippen LogP contribution in [0.4, 0.5) is 0 Å². The molecule has 27 heavy (non-hydrogen) atoms. The van der Waals surface area contributed by atoms with Gasteiger partial charge in [-0.2, -0.15) is 0 Å². The number of methoxy groups -OCH3 is 2. The number of benzene rings is 2. The molecule has 2 atom stereocenters. The second-order valence-electron chi connectivity index (χ2n) is 7.18. The first-order valence-corrected chi connectivity index (χ1v) is 9.11. The van der Waals surface area contributed by atoms with Gasteiger partial charge in [-0.25, -0.2) is 0 Å². The van der Waals surface area contributed by atoms with E-state index in [1.807, 2.05) is 24.3 Å². The highest BCUT2D eigenvalue weighted by Crippen LogP contribution is 2.44. The van der Waals surface area contributed by atoms with Crippen molar-refractivity contribution >= 4 is 0 Å². The van der Waals surface area contributed by atoms with Gasteiger partial charge in [0.2, 0.25) is 6.79 Å². The Balaban J connectivity index is 1.65. The monoisotopic (exact) mass is 371 g/mol. The predicted octanol–water partition coefficient (Wildman–Crippen LogP) is 2.34. The van der Waals surface area contributed by atoms with E-state index < -0.39 is 0 Å². The van der Waals surface area contributed by atoms with Gasteiger partial charge in [-0.15, -0.1) is 0 Å². The number of hydrogen-bond donors (Lipinski definition) is 2. The van der Waals surface area contributed by atoms with Crippen LogP contribution in [0.5, 0.6) is 23.0 Å². The molecule has 0 saturated carbocycles. The van der Waals surface area contributed by atoms with Crippen LogP contribution in [0.1, 0.15) is 17.0 Å². The molecule has 2 unspecified atom stereocenters. The van der Waals surface area contributed by atoms with Crippen molar-refractivity contribution in [2.75, 3.05) is 40.7 Å². The Bertz CT molecular complexity index is 824. The maximum absolute atomic E-state index is 10.4. The zero-order valence-electron chi connectivity index (χ0n) is 15.7. The van der Waals surface area contributed by atoms with Crippen LogP contribution in [-0.2, 0) is 6.42 Å². The van der Waals surface area contributed by atoms with Crippen molar-refractivity contribution in [1.82, 2.24) is 5.32 Å². The van der Waals surface area contributed by atoms with E-state index in [2.05, 4.69) is 17.4 Å². The van der Waals surface area contributed by atoms with Crippen LogP contribution >= 0.6 is 0 Å². The lowest BCUT2D eigenvalue weighted by atomic mass is 9.71. The molecule has 4 rings (SSSR count). The summed E-state index contributed by atoms with van der Waals surface area (Å²) in [5.41, 5.74) is 1.96. The first-order chi connectivity index (χ1) is 13.2. The number of aliphatic hydroxyl groups excluding tert-OH is 1. The molecule has 2 aliphatic rings. The summed E-state index contributed by atoms with van der Waals surface area (Å²) < 4.78 is 21.7. The smallest absolute Gasteiger partial charge is 0.231 e. The van der Waals surface area contributed by atoms with Gasteiger partial charge >= 0.3 is 0 Å². The third-order valence-electron chi connectivity index (χ3n) is 5.68. The van der Waals surface area contributed by atoms with Crippen LogP contribution in [-0.4, -0.2) is 45.8 Å². The standard InChI is InChI=1S/C21H25NO5/c1-24-17-6-4-15(8-19(17)25-2)16-10-22-11-21(16,12-23)9-14-3-5-18-20(7-14)27-13-26-18/h3-8,16,22-23H,9-13H2,1-2H3. The van der Waals surface area contributed by atoms with E-state index in [1.54, 1.807) is 14.2 Å². The Kier molecular flexibility index (Phi) is 4.85. The average molecular weight is 371 g/mol. The summed E-state index contributed by atoms with van der Waals surface area (Å²) in [4.78, 5) is 0. The molecular weight excluding hydrogens is 346 g/mol. The first kappa shape index (κ1) is 17.9. The Labute approximate surface area is 159 Å². The highest BCUT2D eigenvalue weighted by molar-refractivity contribution is 5.46. The zero-order chi connectivity index (χ0) is 18.9. The molecule has 0 aromatic heterocycles. The number of aliphatic hydroxyl groups is 1. The van der Waals surface area contributed by atoms with Crippen LogP contribution in [0.15, 0.2) is 36.4 Å². The summed E-state index contributed by atoms with van der Waals surface area (Å²) >= 11 is 0. The summed E-state index contributed by atoms with van der Waals surface area (Å²) in [6.07, 6.45) is 0.742. The zero-order valence-corrected chi connectivity index (χ0v) is 15.7. The Hall–Kier alpha value is -2.44. The van der Waals surface area contributed by atoms with Crippen LogP contribution in [0.25, 0.3) is 0 Å². The molecule has 144 valence electrons. The highest BCUT2D eigenvalue weighted by atomic mass is 16.7. The summed E-state index contributed by atoms with van der Waals surface area (Å²) in [7, 11) is 3.27. The molecule has 2 heterocycles. The molecule has 0 spiro atoms. The topological polar surface area (TPSA) is 69.2 Å². The maximum Gasteiger partial charge on any atom is 0.231 e. The molecule has 2 aliphatic heterocycles. The molecule has 2 aromatic rings. The molecule has 6 heteroatoms. The molecule has 2 aromatic carbocycles. The van der Waals surface area contributed by atoms with Crippen LogP contribution in [0, 0.1) is 5.41 Å². The van der Waals surface area contributed by atoms with E-state index in [4.69, 9.17) is 18.9 Å². The molecule has 0 aliphatic carbocycles. The van der Waals surface area contributed by atoms with Crippen molar-refractivity contribution in [1.29, 1.82) is 0 Å². The van der Waals surface area contributed by atoms with Crippen molar-refractivity contribution in [3.05, 3.63) is 47.5 Å². The molecule has 6 nitrogen and oxygen atoms in total. The van der Waals surface area contributed by atoms with Crippen molar-refractivity contribution in [3.8, 4) is 23.0 Å². The maximum atomic E-state index is 10.4. The number of rotatable bonds is 6. The Morgan fingerprint density at radius 1 is 1.07 bits per heavy atom. The molecular formula is C21H25NO5. The molecule has 2 N–H and O–H groups in total. The fourth-order valence-corrected chi connectivity index (χ4v) is 4.21. The van der Waals surface area contributed by atoms with Gasteiger partial charge in [0.1, 0.15) is 0 Å². The summed E-state index contributed by atoms with van der Waals surface area (Å²) in [5, 5.41) is 13.8. The molecule has 0 bridgehead atoms. The van der Waals surface area contributed by atoms with Gasteiger partial charge in [0, 0.05) is 24.4 Å². The van der Waals surface area contributed by atoms with Crippen molar-refractivity contribution in [2.24, 2.45) is 5.41 Å². The largest absolute Gasteiger partial charge is 0.493 e. The third kappa shape index (κ3) is 3.19. The third-order valence-corrected chi connectivity index (χ3v) is 5.68. The Morgan fingerprint density at radius 2 is 1.89 bits per heavy atom. The van der Waals surface area contributed by atoms with Gasteiger partial charge in [-0.05, 0) is 41.8 Å². The van der Waals surface area contributed by atoms with Crippen molar-refractivity contribution in [2.45, 2.75) is 12.3 Å². The average Bonchev–Trinajstić information content (AvgIpc) is 3.34. The fraction of sp³-hybridized carbons (Fsp3) is 0.429. The number of ether oxygens (including phenoxy) is 4. The second kappa shape index (κ2) is 7.29. The lowest BCUT2D eigenvalue weighted by Gasteiger charge is -2.33. The number of fused-ring (bicyclic) bond motifs is 1. The SMILES string of the molecule is COc1ccc(C2CNCC2(CO)Cc2ccc3c(c2)OCO3)cc1OC. The minimum absolute atomic E-state index is 0.0907. The molecule has 0 amide bonds. The van der Waals surface area contributed by atoms with Gasteiger partial charge in [0.05, 0.1) is 20.8 Å². The minimum atomic E-state index is -0.298. The van der Waals surface area contributed by atoms with E-state index >= 15 is 0 Å². The van der Waals surface area contributed by atoms with Gasteiger partial charge in [-0.3, -0.25) is 0 Å². The molecule has 1 saturated heterocycles. The van der Waals surface area contributed by atoms with Gasteiger partial charge in [0.25, 0.3) is 0 Å². The fourth-order valence-electron chi connectivity index (χ4n) is 4.21. The van der Waals surface area contributed by atoms with Crippen LogP contribution < -0.4 is 24.3 Å². The highest BCUT2D eigenvalue weighted by Gasteiger charge is 2.43. The predicted molar refractivity (Wildman–Crippen MR) is 101 cm³/mol. The first-order valence-electron chi connectivity index (χ1n) is 9.11.